The molecule has 0 unspecified atom stereocenters. The van der Waals surface area contributed by atoms with Gasteiger partial charge in [0.2, 0.25) is 0 Å². The maximum Gasteiger partial charge on any atom is 0.418 e. The minimum absolute atomic E-state index is 0.844. The van der Waals surface area contributed by atoms with Gasteiger partial charge in [0.15, 0.2) is 12.2 Å². The van der Waals surface area contributed by atoms with Crippen molar-refractivity contribution in [3.8, 4) is 0 Å². The molecule has 0 heterocycles. The minimum Gasteiger partial charge on any atom is -0.461 e. The van der Waals surface area contributed by atoms with Gasteiger partial charge in [-0.1, -0.05) is 0 Å². The molecule has 0 aliphatic rings. The average molecular weight is 582 g/mol. The van der Waals surface area contributed by atoms with Crippen LogP contribution in [-0.4, -0.2) is 127 Å². The molecule has 0 rings (SSSR count). The third-order valence-electron chi connectivity index (χ3n) is 3.72. The Morgan fingerprint density at radius 1 is 0.350 bits per heavy atom. The summed E-state index contributed by atoms with van der Waals surface area (Å²) in [5.41, 5.74) is 0. The Morgan fingerprint density at radius 2 is 0.550 bits per heavy atom. The highest BCUT2D eigenvalue weighted by molar-refractivity contribution is 6.31. The lowest BCUT2D eigenvalue weighted by atomic mass is 10.4. The third-order valence-corrected chi connectivity index (χ3v) is 3.72. The van der Waals surface area contributed by atoms with Gasteiger partial charge in [0, 0.05) is 0 Å². The molecular weight excluding hydrogens is 560 g/mol. The van der Waals surface area contributed by atoms with E-state index in [4.69, 9.17) is 0 Å². The summed E-state index contributed by atoms with van der Waals surface area (Å²) in [6.45, 7) is -4.06. The lowest BCUT2D eigenvalue weighted by Crippen LogP contribution is -2.39. The fourth-order valence-corrected chi connectivity index (χ4v) is 1.87. The number of methoxy groups -OCH3 is 4. The first-order valence-electron chi connectivity index (χ1n) is 10.2. The number of carbonyl (C=O) groups excluding carboxylic acids is 10. The Balaban J connectivity index is 5.48. The molecule has 20 nitrogen and oxygen atoms in total. The van der Waals surface area contributed by atoms with E-state index in [0.29, 0.717) is 0 Å². The molecule has 0 saturated carbocycles. The second-order valence-corrected chi connectivity index (χ2v) is 6.41. The number of ether oxygens (including phenoxy) is 10. The smallest absolute Gasteiger partial charge is 0.418 e. The number of carbonyl (C=O) groups is 10. The summed E-state index contributed by atoms with van der Waals surface area (Å²) in [5, 5.41) is 0. The normalized spacial score (nSPS) is 9.85. The van der Waals surface area contributed by atoms with Crippen molar-refractivity contribution in [2.24, 2.45) is 0 Å². The standard InChI is InChI=1S/C20H22O20/c1-31-11(21)15(25)35-5-9(6-36-16(26)12(22)32-2)39-19(29)20(30)40-10(7-37-17(27)13(23)33-3)8-38-18(28)14(24)34-4/h9-10H,5-8H2,1-4H3. The minimum atomic E-state index is -1.88. The zero-order valence-electron chi connectivity index (χ0n) is 21.1. The Morgan fingerprint density at radius 3 is 0.725 bits per heavy atom. The van der Waals surface area contributed by atoms with E-state index in [1.54, 1.807) is 0 Å². The van der Waals surface area contributed by atoms with E-state index >= 15 is 0 Å². The second-order valence-electron chi connectivity index (χ2n) is 6.41. The molecule has 0 fully saturated rings. The highest BCUT2D eigenvalue weighted by Crippen LogP contribution is 2.04. The van der Waals surface area contributed by atoms with Gasteiger partial charge in [0.25, 0.3) is 0 Å². The molecule has 0 aliphatic heterocycles. The molecule has 0 spiro atoms. The number of hydrogen-bond donors (Lipinski definition) is 0. The fraction of sp³-hybridized carbons (Fsp3) is 0.500. The molecule has 0 aliphatic carbocycles. The zero-order chi connectivity index (χ0) is 30.8. The average Bonchev–Trinajstić information content (AvgIpc) is 2.96. The van der Waals surface area contributed by atoms with E-state index < -0.39 is 98.3 Å². The molecule has 0 amide bonds. The van der Waals surface area contributed by atoms with E-state index in [9.17, 15) is 47.9 Å². The monoisotopic (exact) mass is 582 g/mol. The third kappa shape index (κ3) is 12.8. The Kier molecular flexibility index (Phi) is 15.6. The van der Waals surface area contributed by atoms with Gasteiger partial charge >= 0.3 is 59.7 Å². The van der Waals surface area contributed by atoms with Crippen LogP contribution in [0.3, 0.4) is 0 Å². The number of rotatable bonds is 10. The lowest BCUT2D eigenvalue weighted by molar-refractivity contribution is -0.187. The van der Waals surface area contributed by atoms with E-state index in [0.717, 1.165) is 28.4 Å². The van der Waals surface area contributed by atoms with Crippen molar-refractivity contribution in [3.05, 3.63) is 0 Å². The molecule has 0 saturated heterocycles. The van der Waals surface area contributed by atoms with Crippen LogP contribution >= 0.6 is 0 Å². The van der Waals surface area contributed by atoms with Crippen LogP contribution in [0.1, 0.15) is 0 Å². The maximum absolute atomic E-state index is 12.2. The van der Waals surface area contributed by atoms with Crippen LogP contribution < -0.4 is 0 Å². The van der Waals surface area contributed by atoms with Gasteiger partial charge in [0.1, 0.15) is 26.4 Å². The van der Waals surface area contributed by atoms with Gasteiger partial charge in [-0.2, -0.15) is 0 Å². The molecule has 0 bridgehead atoms. The highest BCUT2D eigenvalue weighted by atomic mass is 16.7. The lowest BCUT2D eigenvalue weighted by Gasteiger charge is -2.19. The van der Waals surface area contributed by atoms with Crippen LogP contribution in [0.2, 0.25) is 0 Å². The maximum atomic E-state index is 12.2. The molecular formula is C20H22O20. The van der Waals surface area contributed by atoms with Crippen LogP contribution in [0.25, 0.3) is 0 Å². The summed E-state index contributed by atoms with van der Waals surface area (Å²) in [4.78, 5) is 115. The Hall–Kier alpha value is -5.30. The molecule has 0 radical (unpaired) electrons. The summed E-state index contributed by atoms with van der Waals surface area (Å²) >= 11 is 0. The topological polar surface area (TPSA) is 263 Å². The van der Waals surface area contributed by atoms with Crippen LogP contribution in [0.5, 0.6) is 0 Å². The van der Waals surface area contributed by atoms with Gasteiger partial charge in [-0.3, -0.25) is 0 Å². The molecule has 0 N–H and O–H groups in total. The van der Waals surface area contributed by atoms with Crippen molar-refractivity contribution in [2.75, 3.05) is 54.9 Å². The van der Waals surface area contributed by atoms with Crippen molar-refractivity contribution in [2.45, 2.75) is 12.2 Å². The van der Waals surface area contributed by atoms with E-state index in [2.05, 4.69) is 47.4 Å². The van der Waals surface area contributed by atoms with Crippen LogP contribution in [0.15, 0.2) is 0 Å². The van der Waals surface area contributed by atoms with Crippen molar-refractivity contribution < 1.29 is 95.3 Å². The summed E-state index contributed by atoms with van der Waals surface area (Å²) in [5.74, 6) is -16.0. The Labute approximate surface area is 222 Å². The second kappa shape index (κ2) is 18.0. The van der Waals surface area contributed by atoms with Crippen LogP contribution in [-0.2, 0) is 95.3 Å². The van der Waals surface area contributed by atoms with E-state index in [1.807, 2.05) is 0 Å². The summed E-state index contributed by atoms with van der Waals surface area (Å²) in [6, 6.07) is 0. The first-order valence-corrected chi connectivity index (χ1v) is 10.2. The number of esters is 10. The van der Waals surface area contributed by atoms with Crippen molar-refractivity contribution >= 4 is 59.7 Å². The van der Waals surface area contributed by atoms with Gasteiger partial charge in [0.05, 0.1) is 28.4 Å². The molecule has 0 aromatic rings. The van der Waals surface area contributed by atoms with Gasteiger partial charge < -0.3 is 47.4 Å². The first-order chi connectivity index (χ1) is 18.8. The number of hydrogen-bond acceptors (Lipinski definition) is 20. The van der Waals surface area contributed by atoms with Crippen LogP contribution in [0.4, 0.5) is 0 Å². The predicted octanol–water partition coefficient (Wildman–Crippen LogP) is -4.33. The van der Waals surface area contributed by atoms with E-state index in [-0.39, 0.29) is 0 Å². The molecule has 20 heteroatoms. The summed E-state index contributed by atoms with van der Waals surface area (Å²) in [6.07, 6.45) is -3.65. The largest absolute Gasteiger partial charge is 0.461 e. The molecule has 0 aromatic heterocycles. The Bertz CT molecular complexity index is 868. The first kappa shape index (κ1) is 34.7. The molecule has 0 aromatic carbocycles. The predicted molar refractivity (Wildman–Crippen MR) is 112 cm³/mol. The van der Waals surface area contributed by atoms with Gasteiger partial charge in [-0.15, -0.1) is 0 Å². The quantitative estimate of drug-likeness (QED) is 0.134. The van der Waals surface area contributed by atoms with Gasteiger partial charge in [-0.25, -0.2) is 47.9 Å². The van der Waals surface area contributed by atoms with Crippen molar-refractivity contribution in [1.82, 2.24) is 0 Å². The van der Waals surface area contributed by atoms with Crippen LogP contribution in [0, 0.1) is 0 Å². The summed E-state index contributed by atoms with van der Waals surface area (Å²) < 4.78 is 43.7. The molecule has 222 valence electrons. The highest BCUT2D eigenvalue weighted by Gasteiger charge is 2.31. The van der Waals surface area contributed by atoms with Crippen molar-refractivity contribution in [1.29, 1.82) is 0 Å². The van der Waals surface area contributed by atoms with Gasteiger partial charge in [-0.05, 0) is 0 Å². The van der Waals surface area contributed by atoms with Crippen molar-refractivity contribution in [3.63, 3.8) is 0 Å². The fourth-order valence-electron chi connectivity index (χ4n) is 1.87. The molecule has 0 atom stereocenters. The zero-order valence-corrected chi connectivity index (χ0v) is 21.1. The SMILES string of the molecule is COC(=O)C(=O)OCC(COC(=O)C(=O)OC)OC(=O)C(=O)OC(COC(=O)C(=O)OC)COC(=O)C(=O)OC. The summed E-state index contributed by atoms with van der Waals surface area (Å²) in [7, 11) is 3.38. The van der Waals surface area contributed by atoms with E-state index in [1.165, 1.54) is 0 Å². The molecule has 40 heavy (non-hydrogen) atoms.